The molecule has 0 bridgehead atoms. The number of aromatic nitrogens is 3. The molecule has 1 N–H and O–H groups in total. The fourth-order valence-electron chi connectivity index (χ4n) is 3.04. The van der Waals surface area contributed by atoms with E-state index in [0.717, 1.165) is 24.1 Å². The molecule has 0 unspecified atom stereocenters. The van der Waals surface area contributed by atoms with Gasteiger partial charge < -0.3 is 10.1 Å². The van der Waals surface area contributed by atoms with Crippen LogP contribution in [-0.2, 0) is 22.4 Å². The molecule has 2 heterocycles. The molecule has 0 aliphatic carbocycles. The fourth-order valence-corrected chi connectivity index (χ4v) is 3.04. The molecule has 0 atom stereocenters. The zero-order chi connectivity index (χ0) is 17.2. The molecule has 1 aliphatic rings. The third-order valence-electron chi connectivity index (χ3n) is 4.56. The van der Waals surface area contributed by atoms with E-state index in [2.05, 4.69) is 36.4 Å². The Labute approximate surface area is 142 Å². The van der Waals surface area contributed by atoms with Crippen LogP contribution in [0.5, 0.6) is 0 Å². The number of halogens is 1. The molecule has 1 aromatic carbocycles. The largest absolute Gasteiger partial charge is 0.381 e. The molecule has 0 saturated carbocycles. The zero-order valence-electron chi connectivity index (χ0n) is 14.6. The average molecular weight is 332 g/mol. The second kappa shape index (κ2) is 6.61. The maximum atomic E-state index is 13.7. The third-order valence-corrected chi connectivity index (χ3v) is 4.56. The van der Waals surface area contributed by atoms with Crippen LogP contribution in [0.25, 0.3) is 0 Å². The van der Waals surface area contributed by atoms with Crippen LogP contribution >= 0.6 is 0 Å². The molecule has 6 heteroatoms. The molecule has 1 aromatic heterocycles. The molecule has 2 aromatic rings. The van der Waals surface area contributed by atoms with Gasteiger partial charge in [0.2, 0.25) is 0 Å². The van der Waals surface area contributed by atoms with E-state index in [1.165, 1.54) is 6.07 Å². The van der Waals surface area contributed by atoms with Crippen LogP contribution in [0.3, 0.4) is 0 Å². The number of ether oxygens (including phenoxy) is 1. The van der Waals surface area contributed by atoms with Crippen molar-refractivity contribution in [1.82, 2.24) is 20.3 Å². The summed E-state index contributed by atoms with van der Waals surface area (Å²) in [5, 5.41) is 12.1. The van der Waals surface area contributed by atoms with Crippen molar-refractivity contribution in [3.8, 4) is 0 Å². The van der Waals surface area contributed by atoms with E-state index in [0.29, 0.717) is 19.8 Å². The Kier molecular flexibility index (Phi) is 4.69. The van der Waals surface area contributed by atoms with E-state index in [-0.39, 0.29) is 16.9 Å². The molecule has 1 fully saturated rings. The van der Waals surface area contributed by atoms with E-state index in [1.807, 2.05) is 16.9 Å². The van der Waals surface area contributed by atoms with Gasteiger partial charge in [-0.15, -0.1) is 5.10 Å². The SMILES string of the molecule is CC(C)(C)n1cc(CNC2(c3cccc(F)c3)CCOCC2)nn1. The average Bonchev–Trinajstić information content (AvgIpc) is 3.03. The Bertz CT molecular complexity index is 686. The highest BCUT2D eigenvalue weighted by Crippen LogP contribution is 2.32. The van der Waals surface area contributed by atoms with Crippen molar-refractivity contribution in [3.63, 3.8) is 0 Å². The van der Waals surface area contributed by atoms with Crippen LogP contribution in [0.2, 0.25) is 0 Å². The first-order valence-electron chi connectivity index (χ1n) is 8.40. The second-order valence-corrected chi connectivity index (χ2v) is 7.38. The molecule has 1 saturated heterocycles. The van der Waals surface area contributed by atoms with Gasteiger partial charge in [-0.2, -0.15) is 0 Å². The lowest BCUT2D eigenvalue weighted by molar-refractivity contribution is 0.0355. The minimum absolute atomic E-state index is 0.0931. The minimum atomic E-state index is -0.286. The van der Waals surface area contributed by atoms with E-state index in [1.54, 1.807) is 12.1 Å². The van der Waals surface area contributed by atoms with Crippen LogP contribution < -0.4 is 5.32 Å². The smallest absolute Gasteiger partial charge is 0.123 e. The highest BCUT2D eigenvalue weighted by Gasteiger charge is 2.34. The number of benzene rings is 1. The number of nitrogens with one attached hydrogen (secondary N) is 1. The summed E-state index contributed by atoms with van der Waals surface area (Å²) < 4.78 is 21.1. The van der Waals surface area contributed by atoms with Crippen LogP contribution in [0.1, 0.15) is 44.9 Å². The lowest BCUT2D eigenvalue weighted by Gasteiger charge is -2.38. The Morgan fingerprint density at radius 1 is 1.29 bits per heavy atom. The normalized spacial score (nSPS) is 17.8. The highest BCUT2D eigenvalue weighted by atomic mass is 19.1. The fraction of sp³-hybridized carbons (Fsp3) is 0.556. The van der Waals surface area contributed by atoms with Crippen molar-refractivity contribution >= 4 is 0 Å². The Balaban J connectivity index is 1.79. The van der Waals surface area contributed by atoms with Gasteiger partial charge in [0.25, 0.3) is 0 Å². The van der Waals surface area contributed by atoms with Crippen LogP contribution in [0.4, 0.5) is 4.39 Å². The third kappa shape index (κ3) is 3.65. The van der Waals surface area contributed by atoms with Crippen molar-refractivity contribution in [3.05, 3.63) is 47.5 Å². The van der Waals surface area contributed by atoms with Gasteiger partial charge in [0, 0.05) is 25.3 Å². The molecule has 24 heavy (non-hydrogen) atoms. The van der Waals surface area contributed by atoms with Crippen molar-refractivity contribution in [2.24, 2.45) is 0 Å². The van der Waals surface area contributed by atoms with Crippen LogP contribution in [-0.4, -0.2) is 28.2 Å². The molecular formula is C18H25FN4O. The van der Waals surface area contributed by atoms with E-state index in [9.17, 15) is 4.39 Å². The standard InChI is InChI=1S/C18H25FN4O/c1-17(2,3)23-13-16(21-22-23)12-20-18(7-9-24-10-8-18)14-5-4-6-15(19)11-14/h4-6,11,13,20H,7-10,12H2,1-3H3. The maximum absolute atomic E-state index is 13.7. The van der Waals surface area contributed by atoms with Crippen LogP contribution in [0, 0.1) is 5.82 Å². The Morgan fingerprint density at radius 3 is 2.67 bits per heavy atom. The maximum Gasteiger partial charge on any atom is 0.123 e. The predicted octanol–water partition coefficient (Wildman–Crippen LogP) is 2.97. The van der Waals surface area contributed by atoms with Crippen molar-refractivity contribution in [2.45, 2.75) is 51.2 Å². The molecule has 130 valence electrons. The van der Waals surface area contributed by atoms with E-state index >= 15 is 0 Å². The van der Waals surface area contributed by atoms with Gasteiger partial charge in [-0.25, -0.2) is 9.07 Å². The molecule has 3 rings (SSSR count). The first kappa shape index (κ1) is 17.0. The van der Waals surface area contributed by atoms with Crippen molar-refractivity contribution in [1.29, 1.82) is 0 Å². The first-order valence-corrected chi connectivity index (χ1v) is 8.40. The lowest BCUT2D eigenvalue weighted by atomic mass is 9.82. The second-order valence-electron chi connectivity index (χ2n) is 7.38. The molecule has 1 aliphatic heterocycles. The Morgan fingerprint density at radius 2 is 2.04 bits per heavy atom. The van der Waals surface area contributed by atoms with Gasteiger partial charge in [-0.3, -0.25) is 0 Å². The summed E-state index contributed by atoms with van der Waals surface area (Å²) in [5.41, 5.74) is 1.47. The molecule has 0 spiro atoms. The highest BCUT2D eigenvalue weighted by molar-refractivity contribution is 5.26. The summed E-state index contributed by atoms with van der Waals surface area (Å²) in [6, 6.07) is 6.84. The zero-order valence-corrected chi connectivity index (χ0v) is 14.6. The van der Waals surface area contributed by atoms with Gasteiger partial charge in [-0.05, 0) is 51.3 Å². The summed E-state index contributed by atoms with van der Waals surface area (Å²) in [7, 11) is 0. The van der Waals surface area contributed by atoms with Gasteiger partial charge in [-0.1, -0.05) is 17.3 Å². The van der Waals surface area contributed by atoms with Gasteiger partial charge >= 0.3 is 0 Å². The van der Waals surface area contributed by atoms with Crippen molar-refractivity contribution < 1.29 is 9.13 Å². The topological polar surface area (TPSA) is 52.0 Å². The summed E-state index contributed by atoms with van der Waals surface area (Å²) >= 11 is 0. The lowest BCUT2D eigenvalue weighted by Crippen LogP contribution is -2.46. The summed E-state index contributed by atoms with van der Waals surface area (Å²) in [5.74, 6) is -0.209. The summed E-state index contributed by atoms with van der Waals surface area (Å²) in [6.45, 7) is 8.19. The number of hydrogen-bond donors (Lipinski definition) is 1. The summed E-state index contributed by atoms with van der Waals surface area (Å²) in [4.78, 5) is 0. The monoisotopic (exact) mass is 332 g/mol. The summed E-state index contributed by atoms with van der Waals surface area (Å²) in [6.07, 6.45) is 3.58. The molecule has 0 amide bonds. The van der Waals surface area contributed by atoms with E-state index in [4.69, 9.17) is 4.74 Å². The molecular weight excluding hydrogens is 307 g/mol. The minimum Gasteiger partial charge on any atom is -0.381 e. The van der Waals surface area contributed by atoms with E-state index < -0.39 is 0 Å². The first-order chi connectivity index (χ1) is 11.4. The van der Waals surface area contributed by atoms with Gasteiger partial charge in [0.15, 0.2) is 0 Å². The molecule has 5 nitrogen and oxygen atoms in total. The molecule has 0 radical (unpaired) electrons. The van der Waals surface area contributed by atoms with Gasteiger partial charge in [0.1, 0.15) is 5.82 Å². The quantitative estimate of drug-likeness (QED) is 0.935. The Hall–Kier alpha value is -1.79. The number of rotatable bonds is 4. The predicted molar refractivity (Wildman–Crippen MR) is 90.0 cm³/mol. The van der Waals surface area contributed by atoms with Gasteiger partial charge in [0.05, 0.1) is 17.4 Å². The number of nitrogens with zero attached hydrogens (tertiary/aromatic N) is 3. The number of hydrogen-bond acceptors (Lipinski definition) is 4. The van der Waals surface area contributed by atoms with Crippen LogP contribution in [0.15, 0.2) is 30.5 Å². The van der Waals surface area contributed by atoms with Crippen molar-refractivity contribution in [2.75, 3.05) is 13.2 Å².